The molecule has 2 rings (SSSR count). The van der Waals surface area contributed by atoms with Crippen LogP contribution >= 0.6 is 15.9 Å². The van der Waals surface area contributed by atoms with Crippen LogP contribution in [0.3, 0.4) is 0 Å². The van der Waals surface area contributed by atoms with Crippen LogP contribution in [-0.2, 0) is 0 Å². The van der Waals surface area contributed by atoms with Gasteiger partial charge < -0.3 is 0 Å². The Morgan fingerprint density at radius 3 is 2.38 bits per heavy atom. The lowest BCUT2D eigenvalue weighted by Crippen LogP contribution is -2.38. The van der Waals surface area contributed by atoms with E-state index in [4.69, 9.17) is 0 Å². The van der Waals surface area contributed by atoms with Crippen molar-refractivity contribution in [1.29, 1.82) is 0 Å². The molecule has 1 aliphatic carbocycles. The molecular formula is C19H30BrN. The minimum absolute atomic E-state index is 0.610. The Hall–Kier alpha value is -0.340. The largest absolute Gasteiger partial charge is 0.300 e. The molecule has 0 bridgehead atoms. The maximum absolute atomic E-state index is 3.74. The molecule has 2 heteroatoms. The van der Waals surface area contributed by atoms with E-state index in [1.165, 1.54) is 50.8 Å². The Kier molecular flexibility index (Phi) is 7.25. The highest BCUT2D eigenvalue weighted by atomic mass is 79.9. The van der Waals surface area contributed by atoms with E-state index in [9.17, 15) is 0 Å². The molecule has 1 aromatic carbocycles. The van der Waals surface area contributed by atoms with E-state index in [1.807, 2.05) is 0 Å². The third kappa shape index (κ3) is 5.41. The van der Waals surface area contributed by atoms with Gasteiger partial charge in [0.25, 0.3) is 0 Å². The normalized spacial score (nSPS) is 17.8. The topological polar surface area (TPSA) is 3.24 Å². The van der Waals surface area contributed by atoms with Gasteiger partial charge in [-0.3, -0.25) is 4.90 Å². The molecule has 0 spiro atoms. The highest BCUT2D eigenvalue weighted by Gasteiger charge is 2.25. The second-order valence-corrected chi connectivity index (χ2v) is 7.53. The van der Waals surface area contributed by atoms with E-state index in [2.05, 4.69) is 65.0 Å². The van der Waals surface area contributed by atoms with Crippen molar-refractivity contribution in [2.75, 3.05) is 18.4 Å². The SMILES string of the molecule is CC(C)CCN(CC(CBr)c1ccccc1)C1CCCC1. The molecule has 1 unspecified atom stereocenters. The Balaban J connectivity index is 2.01. The van der Waals surface area contributed by atoms with Gasteiger partial charge in [-0.1, -0.05) is 73.0 Å². The van der Waals surface area contributed by atoms with Crippen molar-refractivity contribution in [2.24, 2.45) is 5.92 Å². The summed E-state index contributed by atoms with van der Waals surface area (Å²) in [6.45, 7) is 7.14. The van der Waals surface area contributed by atoms with Gasteiger partial charge in [0.15, 0.2) is 0 Å². The molecule has 0 amide bonds. The molecule has 1 atom stereocenters. The second-order valence-electron chi connectivity index (χ2n) is 6.88. The molecule has 118 valence electrons. The van der Waals surface area contributed by atoms with E-state index in [-0.39, 0.29) is 0 Å². The zero-order chi connectivity index (χ0) is 15.1. The molecule has 1 aliphatic rings. The number of alkyl halides is 1. The van der Waals surface area contributed by atoms with Crippen LogP contribution in [0.25, 0.3) is 0 Å². The van der Waals surface area contributed by atoms with Gasteiger partial charge in [-0.2, -0.15) is 0 Å². The minimum atomic E-state index is 0.610. The first-order valence-corrected chi connectivity index (χ1v) is 9.67. The Morgan fingerprint density at radius 2 is 1.81 bits per heavy atom. The maximum Gasteiger partial charge on any atom is 0.0112 e. The molecule has 21 heavy (non-hydrogen) atoms. The summed E-state index contributed by atoms with van der Waals surface area (Å²) in [6.07, 6.45) is 6.98. The van der Waals surface area contributed by atoms with E-state index < -0.39 is 0 Å². The standard InChI is InChI=1S/C19H30BrN/c1-16(2)12-13-21(19-10-6-7-11-19)15-18(14-20)17-8-4-3-5-9-17/h3-5,8-9,16,18-19H,6-7,10-15H2,1-2H3. The summed E-state index contributed by atoms with van der Waals surface area (Å²) in [5.41, 5.74) is 1.47. The lowest BCUT2D eigenvalue weighted by Gasteiger charge is -2.32. The number of halogens is 1. The average molecular weight is 352 g/mol. The lowest BCUT2D eigenvalue weighted by molar-refractivity contribution is 0.180. The van der Waals surface area contributed by atoms with Gasteiger partial charge in [-0.15, -0.1) is 0 Å². The third-order valence-electron chi connectivity index (χ3n) is 4.75. The smallest absolute Gasteiger partial charge is 0.0112 e. The van der Waals surface area contributed by atoms with Crippen LogP contribution in [-0.4, -0.2) is 29.4 Å². The molecule has 0 N–H and O–H groups in total. The van der Waals surface area contributed by atoms with E-state index in [0.717, 1.165) is 17.3 Å². The summed E-state index contributed by atoms with van der Waals surface area (Å²) in [5, 5.41) is 1.06. The van der Waals surface area contributed by atoms with Gasteiger partial charge in [-0.25, -0.2) is 0 Å². The zero-order valence-electron chi connectivity index (χ0n) is 13.6. The average Bonchev–Trinajstić information content (AvgIpc) is 3.02. The van der Waals surface area contributed by atoms with Gasteiger partial charge in [0.1, 0.15) is 0 Å². The van der Waals surface area contributed by atoms with Crippen molar-refractivity contribution in [2.45, 2.75) is 57.9 Å². The molecule has 0 saturated heterocycles. The number of hydrogen-bond acceptors (Lipinski definition) is 1. The van der Waals surface area contributed by atoms with Crippen molar-refractivity contribution in [3.05, 3.63) is 35.9 Å². The first-order chi connectivity index (χ1) is 10.2. The number of benzene rings is 1. The number of nitrogens with zero attached hydrogens (tertiary/aromatic N) is 1. The lowest BCUT2D eigenvalue weighted by atomic mass is 9.99. The highest BCUT2D eigenvalue weighted by Crippen LogP contribution is 2.28. The van der Waals surface area contributed by atoms with Gasteiger partial charge in [0.2, 0.25) is 0 Å². The summed E-state index contributed by atoms with van der Waals surface area (Å²) in [7, 11) is 0. The predicted molar refractivity (Wildman–Crippen MR) is 96.3 cm³/mol. The van der Waals surface area contributed by atoms with Crippen molar-refractivity contribution < 1.29 is 0 Å². The summed E-state index contributed by atoms with van der Waals surface area (Å²) < 4.78 is 0. The fourth-order valence-electron chi connectivity index (χ4n) is 3.37. The monoisotopic (exact) mass is 351 g/mol. The molecule has 1 fully saturated rings. The van der Waals surface area contributed by atoms with Crippen molar-refractivity contribution in [3.63, 3.8) is 0 Å². The Morgan fingerprint density at radius 1 is 1.14 bits per heavy atom. The molecule has 0 heterocycles. The number of hydrogen-bond donors (Lipinski definition) is 0. The van der Waals surface area contributed by atoms with Gasteiger partial charge in [-0.05, 0) is 37.3 Å². The van der Waals surface area contributed by atoms with E-state index in [1.54, 1.807) is 0 Å². The fourth-order valence-corrected chi connectivity index (χ4v) is 3.95. The number of rotatable bonds is 8. The van der Waals surface area contributed by atoms with Crippen LogP contribution < -0.4 is 0 Å². The highest BCUT2D eigenvalue weighted by molar-refractivity contribution is 9.09. The Labute approximate surface area is 139 Å². The van der Waals surface area contributed by atoms with Gasteiger partial charge in [0.05, 0.1) is 0 Å². The molecule has 0 aliphatic heterocycles. The second kappa shape index (κ2) is 8.95. The van der Waals surface area contributed by atoms with Crippen LogP contribution in [0.4, 0.5) is 0 Å². The third-order valence-corrected chi connectivity index (χ3v) is 5.53. The van der Waals surface area contributed by atoms with Crippen LogP contribution in [0.5, 0.6) is 0 Å². The summed E-state index contributed by atoms with van der Waals surface area (Å²) in [5.74, 6) is 1.41. The molecule has 0 aromatic heterocycles. The summed E-state index contributed by atoms with van der Waals surface area (Å²) in [6, 6.07) is 11.8. The Bertz CT molecular complexity index is 384. The van der Waals surface area contributed by atoms with Crippen LogP contribution in [0, 0.1) is 5.92 Å². The quantitative estimate of drug-likeness (QED) is 0.562. The minimum Gasteiger partial charge on any atom is -0.300 e. The summed E-state index contributed by atoms with van der Waals surface area (Å²) in [4.78, 5) is 2.78. The molecule has 1 nitrogen and oxygen atoms in total. The van der Waals surface area contributed by atoms with Crippen LogP contribution in [0.1, 0.15) is 57.4 Å². The van der Waals surface area contributed by atoms with Crippen LogP contribution in [0.15, 0.2) is 30.3 Å². The van der Waals surface area contributed by atoms with Crippen LogP contribution in [0.2, 0.25) is 0 Å². The van der Waals surface area contributed by atoms with Gasteiger partial charge in [0, 0.05) is 23.8 Å². The van der Waals surface area contributed by atoms with Gasteiger partial charge >= 0.3 is 0 Å². The zero-order valence-corrected chi connectivity index (χ0v) is 15.2. The molecular weight excluding hydrogens is 322 g/mol. The van der Waals surface area contributed by atoms with Crippen molar-refractivity contribution in [3.8, 4) is 0 Å². The van der Waals surface area contributed by atoms with Crippen molar-refractivity contribution in [1.82, 2.24) is 4.90 Å². The fraction of sp³-hybridized carbons (Fsp3) is 0.684. The molecule has 1 saturated carbocycles. The molecule has 1 aromatic rings. The summed E-state index contributed by atoms with van der Waals surface area (Å²) >= 11 is 3.74. The van der Waals surface area contributed by atoms with E-state index in [0.29, 0.717) is 5.92 Å². The first kappa shape index (κ1) is 17.0. The first-order valence-electron chi connectivity index (χ1n) is 8.55. The molecule has 0 radical (unpaired) electrons. The van der Waals surface area contributed by atoms with Crippen molar-refractivity contribution >= 4 is 15.9 Å². The predicted octanol–water partition coefficient (Wildman–Crippen LogP) is 5.46. The maximum atomic E-state index is 3.74. The van der Waals surface area contributed by atoms with E-state index >= 15 is 0 Å².